The molecule has 1 aliphatic carbocycles. The Balaban J connectivity index is 1.64. The lowest BCUT2D eigenvalue weighted by Crippen LogP contribution is -2.13. The van der Waals surface area contributed by atoms with Gasteiger partial charge < -0.3 is 0 Å². The van der Waals surface area contributed by atoms with Gasteiger partial charge in [0.2, 0.25) is 0 Å². The van der Waals surface area contributed by atoms with Crippen molar-refractivity contribution in [1.82, 2.24) is 0 Å². The van der Waals surface area contributed by atoms with E-state index in [-0.39, 0.29) is 5.82 Å². The molecule has 0 atom stereocenters. The minimum absolute atomic E-state index is 0.186. The van der Waals surface area contributed by atoms with E-state index in [0.717, 1.165) is 23.0 Å². The van der Waals surface area contributed by atoms with Crippen LogP contribution in [0.15, 0.2) is 48.5 Å². The summed E-state index contributed by atoms with van der Waals surface area (Å²) < 4.78 is 13.0. The van der Waals surface area contributed by atoms with Crippen molar-refractivity contribution in [2.24, 2.45) is 5.92 Å². The Morgan fingerprint density at radius 3 is 2.20 bits per heavy atom. The topological polar surface area (TPSA) is 0 Å². The normalized spacial score (nSPS) is 21.3. The average Bonchev–Trinajstić information content (AvgIpc) is 2.64. The van der Waals surface area contributed by atoms with Gasteiger partial charge in [-0.2, -0.15) is 0 Å². The number of benzene rings is 2. The summed E-state index contributed by atoms with van der Waals surface area (Å²) in [6.07, 6.45) is 10.4. The molecular formula is C24H29F. The highest BCUT2D eigenvalue weighted by atomic mass is 19.1. The molecule has 2 aromatic carbocycles. The predicted octanol–water partition coefficient (Wildman–Crippen LogP) is 7.46. The largest absolute Gasteiger partial charge is 0.207 e. The molecule has 0 aliphatic heterocycles. The molecule has 0 nitrogen and oxygen atoms in total. The van der Waals surface area contributed by atoms with Crippen LogP contribution in [0.25, 0.3) is 11.6 Å². The molecule has 1 saturated carbocycles. The van der Waals surface area contributed by atoms with Crippen LogP contribution in [0.4, 0.5) is 4.39 Å². The fourth-order valence-electron chi connectivity index (χ4n) is 4.10. The quantitative estimate of drug-likeness (QED) is 0.497. The smallest absolute Gasteiger partial charge is 0.123 e. The van der Waals surface area contributed by atoms with E-state index in [2.05, 4.69) is 44.2 Å². The molecule has 0 radical (unpaired) electrons. The number of allylic oxidation sites excluding steroid dienone is 1. The SMILES string of the molecule is CCCC1CCC(c2ccc(/C=C(\C)c3ccc(F)cc3)cc2)CC1. The number of halogens is 1. The Morgan fingerprint density at radius 2 is 1.60 bits per heavy atom. The van der Waals surface area contributed by atoms with E-state index in [9.17, 15) is 4.39 Å². The van der Waals surface area contributed by atoms with Gasteiger partial charge in [-0.3, -0.25) is 0 Å². The zero-order valence-corrected chi connectivity index (χ0v) is 15.5. The molecule has 0 aromatic heterocycles. The molecule has 0 bridgehead atoms. The Kier molecular flexibility index (Phi) is 6.07. The summed E-state index contributed by atoms with van der Waals surface area (Å²) in [5.41, 5.74) is 4.93. The average molecular weight is 336 g/mol. The first-order valence-corrected chi connectivity index (χ1v) is 9.70. The van der Waals surface area contributed by atoms with Crippen LogP contribution in [0, 0.1) is 11.7 Å². The van der Waals surface area contributed by atoms with Gasteiger partial charge in [0.15, 0.2) is 0 Å². The molecule has 1 heteroatoms. The highest BCUT2D eigenvalue weighted by molar-refractivity contribution is 5.80. The van der Waals surface area contributed by atoms with E-state index in [0.29, 0.717) is 0 Å². The van der Waals surface area contributed by atoms with Crippen LogP contribution in [-0.2, 0) is 0 Å². The Bertz CT molecular complexity index is 686. The van der Waals surface area contributed by atoms with Crippen LogP contribution < -0.4 is 0 Å². The van der Waals surface area contributed by atoms with Crippen LogP contribution in [0.1, 0.15) is 75.0 Å². The zero-order chi connectivity index (χ0) is 17.6. The monoisotopic (exact) mass is 336 g/mol. The fourth-order valence-corrected chi connectivity index (χ4v) is 4.10. The Morgan fingerprint density at radius 1 is 0.960 bits per heavy atom. The third-order valence-electron chi connectivity index (χ3n) is 5.63. The Labute approximate surface area is 151 Å². The van der Waals surface area contributed by atoms with Crippen molar-refractivity contribution in [2.45, 2.75) is 58.3 Å². The van der Waals surface area contributed by atoms with Crippen molar-refractivity contribution in [3.05, 3.63) is 71.0 Å². The molecular weight excluding hydrogens is 307 g/mol. The molecule has 2 aromatic rings. The standard InChI is InChI=1S/C24H29F/c1-3-4-19-5-9-22(10-6-19)23-11-7-20(8-12-23)17-18(2)21-13-15-24(25)16-14-21/h7-8,11-17,19,22H,3-6,9-10H2,1-2H3/b18-17+. The van der Waals surface area contributed by atoms with E-state index in [1.807, 2.05) is 12.1 Å². The second kappa shape index (κ2) is 8.47. The zero-order valence-electron chi connectivity index (χ0n) is 15.5. The molecule has 0 saturated heterocycles. The summed E-state index contributed by atoms with van der Waals surface area (Å²) in [6.45, 7) is 4.38. The van der Waals surface area contributed by atoms with Gasteiger partial charge >= 0.3 is 0 Å². The van der Waals surface area contributed by atoms with Crippen LogP contribution >= 0.6 is 0 Å². The van der Waals surface area contributed by atoms with Gasteiger partial charge in [-0.15, -0.1) is 0 Å². The minimum atomic E-state index is -0.186. The van der Waals surface area contributed by atoms with Gasteiger partial charge in [0.25, 0.3) is 0 Å². The van der Waals surface area contributed by atoms with Crippen LogP contribution in [0.2, 0.25) is 0 Å². The maximum atomic E-state index is 13.0. The van der Waals surface area contributed by atoms with Crippen LogP contribution in [0.5, 0.6) is 0 Å². The number of hydrogen-bond donors (Lipinski definition) is 0. The molecule has 1 fully saturated rings. The van der Waals surface area contributed by atoms with Gasteiger partial charge in [-0.1, -0.05) is 62.2 Å². The highest BCUT2D eigenvalue weighted by Crippen LogP contribution is 2.37. The van der Waals surface area contributed by atoms with E-state index < -0.39 is 0 Å². The van der Waals surface area contributed by atoms with Crippen molar-refractivity contribution in [3.63, 3.8) is 0 Å². The summed E-state index contributed by atoms with van der Waals surface area (Å²) in [6, 6.07) is 15.8. The minimum Gasteiger partial charge on any atom is -0.207 e. The molecule has 0 spiro atoms. The summed E-state index contributed by atoms with van der Waals surface area (Å²) in [5.74, 6) is 1.51. The van der Waals surface area contributed by atoms with Crippen LogP contribution in [-0.4, -0.2) is 0 Å². The van der Waals surface area contributed by atoms with Crippen molar-refractivity contribution in [1.29, 1.82) is 0 Å². The number of rotatable bonds is 5. The van der Waals surface area contributed by atoms with Crippen molar-refractivity contribution in [3.8, 4) is 0 Å². The predicted molar refractivity (Wildman–Crippen MR) is 106 cm³/mol. The molecule has 0 unspecified atom stereocenters. The first-order chi connectivity index (χ1) is 12.2. The second-order valence-corrected chi connectivity index (χ2v) is 7.51. The van der Waals surface area contributed by atoms with Gasteiger partial charge in [-0.05, 0) is 78.8 Å². The second-order valence-electron chi connectivity index (χ2n) is 7.51. The van der Waals surface area contributed by atoms with Gasteiger partial charge in [0.05, 0.1) is 0 Å². The van der Waals surface area contributed by atoms with E-state index in [1.54, 1.807) is 0 Å². The molecule has 25 heavy (non-hydrogen) atoms. The summed E-state index contributed by atoms with van der Waals surface area (Å²) in [5, 5.41) is 0. The van der Waals surface area contributed by atoms with E-state index >= 15 is 0 Å². The van der Waals surface area contributed by atoms with Gasteiger partial charge in [0, 0.05) is 0 Å². The highest BCUT2D eigenvalue weighted by Gasteiger charge is 2.21. The maximum Gasteiger partial charge on any atom is 0.123 e. The third-order valence-corrected chi connectivity index (χ3v) is 5.63. The molecule has 132 valence electrons. The molecule has 0 heterocycles. The third kappa shape index (κ3) is 4.81. The molecule has 1 aliphatic rings. The lowest BCUT2D eigenvalue weighted by atomic mass is 9.77. The molecule has 0 N–H and O–H groups in total. The summed E-state index contributed by atoms with van der Waals surface area (Å²) in [7, 11) is 0. The number of hydrogen-bond acceptors (Lipinski definition) is 0. The molecule has 0 amide bonds. The fraction of sp³-hybridized carbons (Fsp3) is 0.417. The lowest BCUT2D eigenvalue weighted by Gasteiger charge is -2.28. The van der Waals surface area contributed by atoms with Crippen molar-refractivity contribution < 1.29 is 4.39 Å². The van der Waals surface area contributed by atoms with Crippen LogP contribution in [0.3, 0.4) is 0 Å². The van der Waals surface area contributed by atoms with Crippen molar-refractivity contribution >= 4 is 11.6 Å². The van der Waals surface area contributed by atoms with Gasteiger partial charge in [-0.25, -0.2) is 4.39 Å². The van der Waals surface area contributed by atoms with Crippen molar-refractivity contribution in [2.75, 3.05) is 0 Å². The van der Waals surface area contributed by atoms with E-state index in [4.69, 9.17) is 0 Å². The maximum absolute atomic E-state index is 13.0. The summed E-state index contributed by atoms with van der Waals surface area (Å²) >= 11 is 0. The Hall–Kier alpha value is -1.89. The first kappa shape index (κ1) is 17.9. The van der Waals surface area contributed by atoms with Gasteiger partial charge in [0.1, 0.15) is 5.82 Å². The summed E-state index contributed by atoms with van der Waals surface area (Å²) in [4.78, 5) is 0. The molecule has 3 rings (SSSR count). The van der Waals surface area contributed by atoms with E-state index in [1.165, 1.54) is 61.8 Å². The lowest BCUT2D eigenvalue weighted by molar-refractivity contribution is 0.308. The first-order valence-electron chi connectivity index (χ1n) is 9.70.